The molecule has 1 aromatic carbocycles. The second-order valence-corrected chi connectivity index (χ2v) is 4.81. The Morgan fingerprint density at radius 1 is 1.33 bits per heavy atom. The van der Waals surface area contributed by atoms with Crippen molar-refractivity contribution in [2.24, 2.45) is 5.92 Å². The first-order valence-electron chi connectivity index (χ1n) is 6.99. The molecule has 6 heteroatoms. The van der Waals surface area contributed by atoms with Gasteiger partial charge in [-0.05, 0) is 51.1 Å². The minimum atomic E-state index is -0.370. The van der Waals surface area contributed by atoms with E-state index in [1.807, 2.05) is 0 Å². The van der Waals surface area contributed by atoms with Crippen molar-refractivity contribution in [3.8, 4) is 0 Å². The highest BCUT2D eigenvalue weighted by molar-refractivity contribution is 5.95. The zero-order chi connectivity index (χ0) is 14.4. The number of amides is 1. The highest BCUT2D eigenvalue weighted by Crippen LogP contribution is 2.17. The molecule has 1 saturated heterocycles. The topological polar surface area (TPSA) is 67.4 Å². The molecule has 0 spiro atoms. The minimum Gasteiger partial charge on any atom is -0.462 e. The molecule has 0 aliphatic carbocycles. The molecule has 1 aliphatic heterocycles. The van der Waals surface area contributed by atoms with Crippen LogP contribution in [-0.4, -0.2) is 31.6 Å². The van der Waals surface area contributed by atoms with E-state index in [1.165, 1.54) is 0 Å². The zero-order valence-corrected chi connectivity index (χ0v) is 12.9. The Labute approximate surface area is 130 Å². The molecule has 2 N–H and O–H groups in total. The number of benzene rings is 1. The smallest absolute Gasteiger partial charge is 0.338 e. The van der Waals surface area contributed by atoms with E-state index >= 15 is 0 Å². The van der Waals surface area contributed by atoms with E-state index in [-0.39, 0.29) is 30.2 Å². The summed E-state index contributed by atoms with van der Waals surface area (Å²) in [5.74, 6) is -0.305. The van der Waals surface area contributed by atoms with Crippen LogP contribution in [0.4, 0.5) is 5.69 Å². The van der Waals surface area contributed by atoms with Gasteiger partial charge in [0.2, 0.25) is 5.91 Å². The van der Waals surface area contributed by atoms with E-state index in [1.54, 1.807) is 31.2 Å². The maximum absolute atomic E-state index is 12.1. The molecule has 1 fully saturated rings. The van der Waals surface area contributed by atoms with Crippen molar-refractivity contribution >= 4 is 30.0 Å². The predicted octanol–water partition coefficient (Wildman–Crippen LogP) is 2.22. The van der Waals surface area contributed by atoms with Crippen LogP contribution in [0.15, 0.2) is 24.3 Å². The third-order valence-electron chi connectivity index (χ3n) is 3.35. The Kier molecular flexibility index (Phi) is 7.19. The average molecular weight is 313 g/mol. The molecule has 1 aromatic rings. The monoisotopic (exact) mass is 312 g/mol. The Hall–Kier alpha value is -1.59. The van der Waals surface area contributed by atoms with Gasteiger partial charge in [0.05, 0.1) is 12.2 Å². The van der Waals surface area contributed by atoms with Crippen LogP contribution in [0.2, 0.25) is 0 Å². The Bertz CT molecular complexity index is 488. The number of halogens is 1. The van der Waals surface area contributed by atoms with Crippen molar-refractivity contribution in [3.63, 3.8) is 0 Å². The number of hydrogen-bond acceptors (Lipinski definition) is 4. The minimum absolute atomic E-state index is 0. The third-order valence-corrected chi connectivity index (χ3v) is 3.35. The lowest BCUT2D eigenvalue weighted by atomic mass is 9.97. The summed E-state index contributed by atoms with van der Waals surface area (Å²) in [6, 6.07) is 6.85. The van der Waals surface area contributed by atoms with Crippen molar-refractivity contribution in [3.05, 3.63) is 29.8 Å². The summed E-state index contributed by atoms with van der Waals surface area (Å²) in [7, 11) is 0. The molecule has 5 nitrogen and oxygen atoms in total. The number of piperidine rings is 1. The van der Waals surface area contributed by atoms with Gasteiger partial charge in [0.1, 0.15) is 0 Å². The first-order chi connectivity index (χ1) is 9.70. The van der Waals surface area contributed by atoms with Crippen LogP contribution in [0.5, 0.6) is 0 Å². The summed E-state index contributed by atoms with van der Waals surface area (Å²) in [6.07, 6.45) is 1.70. The van der Waals surface area contributed by atoms with Gasteiger partial charge in [-0.2, -0.15) is 0 Å². The van der Waals surface area contributed by atoms with E-state index in [9.17, 15) is 9.59 Å². The lowest BCUT2D eigenvalue weighted by Crippen LogP contribution is -2.34. The molecule has 116 valence electrons. The Morgan fingerprint density at radius 3 is 2.71 bits per heavy atom. The fraction of sp³-hybridized carbons (Fsp3) is 0.467. The Morgan fingerprint density at radius 2 is 2.05 bits per heavy atom. The molecular formula is C15H21ClN2O3. The highest BCUT2D eigenvalue weighted by Gasteiger charge is 2.21. The Balaban J connectivity index is 0.00000220. The van der Waals surface area contributed by atoms with Crippen molar-refractivity contribution in [1.29, 1.82) is 0 Å². The number of nitrogens with one attached hydrogen (secondary N) is 2. The lowest BCUT2D eigenvalue weighted by Gasteiger charge is -2.21. The van der Waals surface area contributed by atoms with Crippen LogP contribution in [0.25, 0.3) is 0 Å². The van der Waals surface area contributed by atoms with Gasteiger partial charge in [-0.25, -0.2) is 4.79 Å². The van der Waals surface area contributed by atoms with Crippen molar-refractivity contribution in [2.45, 2.75) is 19.8 Å². The van der Waals surface area contributed by atoms with Gasteiger partial charge in [0, 0.05) is 11.6 Å². The maximum atomic E-state index is 12.1. The molecule has 0 atom stereocenters. The lowest BCUT2D eigenvalue weighted by molar-refractivity contribution is -0.120. The van der Waals surface area contributed by atoms with Crippen LogP contribution in [0.1, 0.15) is 30.1 Å². The average Bonchev–Trinajstić information content (AvgIpc) is 2.48. The van der Waals surface area contributed by atoms with E-state index in [4.69, 9.17) is 4.74 Å². The zero-order valence-electron chi connectivity index (χ0n) is 12.1. The maximum Gasteiger partial charge on any atom is 0.338 e. The summed E-state index contributed by atoms with van der Waals surface area (Å²) >= 11 is 0. The SMILES string of the molecule is CCOC(=O)c1cccc(NC(=O)C2CCNCC2)c1.Cl. The number of hydrogen-bond donors (Lipinski definition) is 2. The summed E-state index contributed by atoms with van der Waals surface area (Å²) in [5.41, 5.74) is 1.09. The van der Waals surface area contributed by atoms with Crippen molar-refractivity contribution < 1.29 is 14.3 Å². The molecule has 0 bridgehead atoms. The second-order valence-electron chi connectivity index (χ2n) is 4.81. The van der Waals surface area contributed by atoms with Gasteiger partial charge in [-0.1, -0.05) is 6.07 Å². The molecule has 0 unspecified atom stereocenters. The van der Waals surface area contributed by atoms with Gasteiger partial charge >= 0.3 is 5.97 Å². The highest BCUT2D eigenvalue weighted by atomic mass is 35.5. The van der Waals surface area contributed by atoms with Gasteiger partial charge < -0.3 is 15.4 Å². The molecule has 2 rings (SSSR count). The number of ether oxygens (including phenoxy) is 1. The number of carbonyl (C=O) groups excluding carboxylic acids is 2. The van der Waals surface area contributed by atoms with E-state index in [2.05, 4.69) is 10.6 Å². The molecular weight excluding hydrogens is 292 g/mol. The van der Waals surface area contributed by atoms with Crippen LogP contribution in [0, 0.1) is 5.92 Å². The van der Waals surface area contributed by atoms with Crippen LogP contribution in [-0.2, 0) is 9.53 Å². The van der Waals surface area contributed by atoms with E-state index in [0.717, 1.165) is 25.9 Å². The van der Waals surface area contributed by atoms with E-state index < -0.39 is 0 Å². The fourth-order valence-electron chi connectivity index (χ4n) is 2.27. The van der Waals surface area contributed by atoms with E-state index in [0.29, 0.717) is 17.9 Å². The first kappa shape index (κ1) is 17.5. The molecule has 0 radical (unpaired) electrons. The molecule has 1 aliphatic rings. The first-order valence-corrected chi connectivity index (χ1v) is 6.99. The van der Waals surface area contributed by atoms with Crippen LogP contribution >= 0.6 is 12.4 Å². The molecule has 0 saturated carbocycles. The van der Waals surface area contributed by atoms with Crippen molar-refractivity contribution in [2.75, 3.05) is 25.0 Å². The standard InChI is InChI=1S/C15H20N2O3.ClH/c1-2-20-15(19)12-4-3-5-13(10-12)17-14(18)11-6-8-16-9-7-11;/h3-5,10-11,16H,2,6-9H2,1H3,(H,17,18);1H. The summed E-state index contributed by atoms with van der Waals surface area (Å²) in [5, 5.41) is 6.10. The number of carbonyl (C=O) groups is 2. The summed E-state index contributed by atoms with van der Waals surface area (Å²) in [4.78, 5) is 23.8. The molecule has 21 heavy (non-hydrogen) atoms. The normalized spacial score (nSPS) is 14.9. The molecule has 0 aromatic heterocycles. The number of anilines is 1. The van der Waals surface area contributed by atoms with Crippen LogP contribution < -0.4 is 10.6 Å². The third kappa shape index (κ3) is 5.02. The van der Waals surface area contributed by atoms with Crippen molar-refractivity contribution in [1.82, 2.24) is 5.32 Å². The quantitative estimate of drug-likeness (QED) is 0.837. The predicted molar refractivity (Wildman–Crippen MR) is 83.9 cm³/mol. The van der Waals surface area contributed by atoms with Gasteiger partial charge in [-0.15, -0.1) is 12.4 Å². The fourth-order valence-corrected chi connectivity index (χ4v) is 2.27. The summed E-state index contributed by atoms with van der Waals surface area (Å²) in [6.45, 7) is 3.85. The van der Waals surface area contributed by atoms with Gasteiger partial charge in [0.25, 0.3) is 0 Å². The van der Waals surface area contributed by atoms with Gasteiger partial charge in [-0.3, -0.25) is 4.79 Å². The summed E-state index contributed by atoms with van der Waals surface area (Å²) < 4.78 is 4.94. The number of esters is 1. The molecule has 1 heterocycles. The molecule has 1 amide bonds. The largest absolute Gasteiger partial charge is 0.462 e. The number of rotatable bonds is 4. The second kappa shape index (κ2) is 8.64. The van der Waals surface area contributed by atoms with Gasteiger partial charge in [0.15, 0.2) is 0 Å². The van der Waals surface area contributed by atoms with Crippen LogP contribution in [0.3, 0.4) is 0 Å².